The summed E-state index contributed by atoms with van der Waals surface area (Å²) in [5.41, 5.74) is 5.49. The second kappa shape index (κ2) is 7.40. The molecule has 0 fully saturated rings. The molecule has 0 saturated heterocycles. The van der Waals surface area contributed by atoms with Crippen molar-refractivity contribution in [2.45, 2.75) is 31.7 Å². The van der Waals surface area contributed by atoms with E-state index in [1.807, 2.05) is 31.2 Å². The Morgan fingerprint density at radius 3 is 2.44 bits per heavy atom. The normalized spacial score (nSPS) is 11.1. The standard InChI is InChI=1S/C21H20N4OS/c1-14-9-10-19(11-15(14)2)25-20(17-7-5-4-6-8-17)22-23-21(25)27-13-18-12-16(3)26-24-18/h4-12H,13H2,1-3H3. The van der Waals surface area contributed by atoms with E-state index < -0.39 is 0 Å². The maximum absolute atomic E-state index is 5.17. The molecular weight excluding hydrogens is 356 g/mol. The highest BCUT2D eigenvalue weighted by atomic mass is 32.2. The van der Waals surface area contributed by atoms with Gasteiger partial charge in [-0.3, -0.25) is 4.57 Å². The molecule has 0 saturated carbocycles. The van der Waals surface area contributed by atoms with Crippen LogP contribution < -0.4 is 0 Å². The molecule has 0 aliphatic rings. The lowest BCUT2D eigenvalue weighted by atomic mass is 10.1. The van der Waals surface area contributed by atoms with Gasteiger partial charge in [-0.1, -0.05) is 53.3 Å². The van der Waals surface area contributed by atoms with Crippen molar-refractivity contribution >= 4 is 11.8 Å². The second-order valence-electron chi connectivity index (χ2n) is 6.49. The van der Waals surface area contributed by atoms with E-state index >= 15 is 0 Å². The second-order valence-corrected chi connectivity index (χ2v) is 7.44. The molecule has 136 valence electrons. The highest BCUT2D eigenvalue weighted by molar-refractivity contribution is 7.98. The minimum absolute atomic E-state index is 0.676. The van der Waals surface area contributed by atoms with Gasteiger partial charge < -0.3 is 4.52 Å². The van der Waals surface area contributed by atoms with E-state index in [4.69, 9.17) is 4.52 Å². The van der Waals surface area contributed by atoms with Gasteiger partial charge in [0.05, 0.1) is 11.4 Å². The van der Waals surface area contributed by atoms with Crippen LogP contribution in [0, 0.1) is 20.8 Å². The van der Waals surface area contributed by atoms with Crippen LogP contribution in [0.15, 0.2) is 64.3 Å². The third kappa shape index (κ3) is 3.66. The van der Waals surface area contributed by atoms with Crippen LogP contribution in [0.1, 0.15) is 22.6 Å². The summed E-state index contributed by atoms with van der Waals surface area (Å²) in [7, 11) is 0. The van der Waals surface area contributed by atoms with Gasteiger partial charge in [0, 0.05) is 17.4 Å². The zero-order valence-electron chi connectivity index (χ0n) is 15.5. The van der Waals surface area contributed by atoms with Gasteiger partial charge >= 0.3 is 0 Å². The van der Waals surface area contributed by atoms with Gasteiger partial charge in [-0.05, 0) is 44.0 Å². The lowest BCUT2D eigenvalue weighted by molar-refractivity contribution is 0.393. The van der Waals surface area contributed by atoms with Gasteiger partial charge in [-0.2, -0.15) is 0 Å². The Hall–Kier alpha value is -2.86. The van der Waals surface area contributed by atoms with Crippen LogP contribution in [0.25, 0.3) is 17.1 Å². The van der Waals surface area contributed by atoms with Gasteiger partial charge in [0.15, 0.2) is 11.0 Å². The predicted molar refractivity (Wildman–Crippen MR) is 107 cm³/mol. The highest BCUT2D eigenvalue weighted by Crippen LogP contribution is 2.30. The molecule has 4 aromatic rings. The molecule has 0 aliphatic carbocycles. The molecule has 0 bridgehead atoms. The monoisotopic (exact) mass is 376 g/mol. The molecule has 27 heavy (non-hydrogen) atoms. The third-order valence-corrected chi connectivity index (χ3v) is 5.40. The van der Waals surface area contributed by atoms with Gasteiger partial charge in [0.25, 0.3) is 0 Å². The number of aromatic nitrogens is 4. The molecule has 0 atom stereocenters. The fourth-order valence-electron chi connectivity index (χ4n) is 2.86. The molecule has 0 spiro atoms. The van der Waals surface area contributed by atoms with E-state index in [1.165, 1.54) is 11.1 Å². The van der Waals surface area contributed by atoms with Crippen molar-refractivity contribution in [3.8, 4) is 17.1 Å². The van der Waals surface area contributed by atoms with E-state index in [-0.39, 0.29) is 0 Å². The molecule has 6 heteroatoms. The number of thioether (sulfide) groups is 1. The Morgan fingerprint density at radius 1 is 0.926 bits per heavy atom. The lowest BCUT2D eigenvalue weighted by Gasteiger charge is -2.12. The lowest BCUT2D eigenvalue weighted by Crippen LogP contribution is -2.01. The highest BCUT2D eigenvalue weighted by Gasteiger charge is 2.17. The number of hydrogen-bond acceptors (Lipinski definition) is 5. The maximum Gasteiger partial charge on any atom is 0.196 e. The van der Waals surface area contributed by atoms with E-state index in [0.29, 0.717) is 5.75 Å². The predicted octanol–water partition coefficient (Wildman–Crippen LogP) is 5.14. The van der Waals surface area contributed by atoms with Crippen molar-refractivity contribution in [1.29, 1.82) is 0 Å². The average molecular weight is 376 g/mol. The Balaban J connectivity index is 1.76. The Morgan fingerprint density at radius 2 is 1.74 bits per heavy atom. The van der Waals surface area contributed by atoms with Crippen molar-refractivity contribution in [2.24, 2.45) is 0 Å². The molecule has 0 amide bonds. The summed E-state index contributed by atoms with van der Waals surface area (Å²) in [5, 5.41) is 13.8. The first-order valence-electron chi connectivity index (χ1n) is 8.75. The molecule has 2 aromatic carbocycles. The zero-order valence-corrected chi connectivity index (χ0v) is 16.3. The van der Waals surface area contributed by atoms with Crippen LogP contribution >= 0.6 is 11.8 Å². The van der Waals surface area contributed by atoms with Crippen molar-refractivity contribution in [2.75, 3.05) is 0 Å². The largest absolute Gasteiger partial charge is 0.361 e. The summed E-state index contributed by atoms with van der Waals surface area (Å²) >= 11 is 1.60. The van der Waals surface area contributed by atoms with Crippen LogP contribution in [0.5, 0.6) is 0 Å². The van der Waals surface area contributed by atoms with Crippen LogP contribution in [-0.2, 0) is 5.75 Å². The fourth-order valence-corrected chi connectivity index (χ4v) is 3.69. The average Bonchev–Trinajstić information content (AvgIpc) is 3.29. The summed E-state index contributed by atoms with van der Waals surface area (Å²) in [6, 6.07) is 18.5. The summed E-state index contributed by atoms with van der Waals surface area (Å²) in [4.78, 5) is 0. The molecule has 0 radical (unpaired) electrons. The Labute approximate surface area is 162 Å². The number of nitrogens with zero attached hydrogens (tertiary/aromatic N) is 4. The molecule has 2 aromatic heterocycles. The number of rotatable bonds is 5. The van der Waals surface area contributed by atoms with E-state index in [0.717, 1.165) is 33.7 Å². The first-order valence-corrected chi connectivity index (χ1v) is 9.74. The molecule has 4 rings (SSSR count). The van der Waals surface area contributed by atoms with Gasteiger partial charge in [-0.15, -0.1) is 10.2 Å². The first-order chi connectivity index (χ1) is 13.1. The van der Waals surface area contributed by atoms with Crippen molar-refractivity contribution in [3.05, 3.63) is 77.2 Å². The van der Waals surface area contributed by atoms with Crippen LogP contribution in [0.4, 0.5) is 0 Å². The van der Waals surface area contributed by atoms with Crippen LogP contribution in [0.3, 0.4) is 0 Å². The van der Waals surface area contributed by atoms with Gasteiger partial charge in [0.2, 0.25) is 0 Å². The molecule has 2 heterocycles. The van der Waals surface area contributed by atoms with E-state index in [2.05, 4.69) is 64.1 Å². The summed E-state index contributed by atoms with van der Waals surface area (Å²) in [6.07, 6.45) is 0. The minimum Gasteiger partial charge on any atom is -0.361 e. The number of aryl methyl sites for hydroxylation is 3. The van der Waals surface area contributed by atoms with Crippen LogP contribution in [-0.4, -0.2) is 19.9 Å². The molecule has 5 nitrogen and oxygen atoms in total. The number of benzene rings is 2. The van der Waals surface area contributed by atoms with Crippen molar-refractivity contribution < 1.29 is 4.52 Å². The molecular formula is C21H20N4OS. The fraction of sp³-hybridized carbons (Fsp3) is 0.190. The summed E-state index contributed by atoms with van der Waals surface area (Å²) in [5.74, 6) is 2.32. The topological polar surface area (TPSA) is 56.7 Å². The SMILES string of the molecule is Cc1cc(CSc2nnc(-c3ccccc3)n2-c2ccc(C)c(C)c2)no1. The van der Waals surface area contributed by atoms with Gasteiger partial charge in [-0.25, -0.2) is 0 Å². The quantitative estimate of drug-likeness (QED) is 0.451. The van der Waals surface area contributed by atoms with Crippen LogP contribution in [0.2, 0.25) is 0 Å². The smallest absolute Gasteiger partial charge is 0.196 e. The Kier molecular flexibility index (Phi) is 4.81. The van der Waals surface area contributed by atoms with E-state index in [1.54, 1.807) is 11.8 Å². The summed E-state index contributed by atoms with van der Waals surface area (Å²) in [6.45, 7) is 6.13. The molecule has 0 aliphatic heterocycles. The van der Waals surface area contributed by atoms with Crippen molar-refractivity contribution in [1.82, 2.24) is 19.9 Å². The van der Waals surface area contributed by atoms with E-state index in [9.17, 15) is 0 Å². The minimum atomic E-state index is 0.676. The molecule has 0 unspecified atom stereocenters. The summed E-state index contributed by atoms with van der Waals surface area (Å²) < 4.78 is 7.28. The zero-order chi connectivity index (χ0) is 18.8. The third-order valence-electron chi connectivity index (χ3n) is 4.44. The first kappa shape index (κ1) is 17.5. The Bertz CT molecular complexity index is 1070. The van der Waals surface area contributed by atoms with Crippen molar-refractivity contribution in [3.63, 3.8) is 0 Å². The molecule has 0 N–H and O–H groups in total. The number of hydrogen-bond donors (Lipinski definition) is 0. The maximum atomic E-state index is 5.17. The van der Waals surface area contributed by atoms with Gasteiger partial charge in [0.1, 0.15) is 5.76 Å².